The van der Waals surface area contributed by atoms with Crippen molar-refractivity contribution < 1.29 is 0 Å². The highest BCUT2D eigenvalue weighted by Crippen LogP contribution is 2.27. The summed E-state index contributed by atoms with van der Waals surface area (Å²) in [6.07, 6.45) is 0. The first-order chi connectivity index (χ1) is 15.1. The number of fused-ring (bicyclic) bond motifs is 5. The fourth-order valence-corrected chi connectivity index (χ4v) is 4.22. The zero-order valence-corrected chi connectivity index (χ0v) is 16.7. The minimum atomic E-state index is -0.312. The van der Waals surface area contributed by atoms with E-state index in [1.165, 1.54) is 0 Å². The second kappa shape index (κ2) is 6.52. The van der Waals surface area contributed by atoms with Gasteiger partial charge in [-0.05, 0) is 12.1 Å². The zero-order chi connectivity index (χ0) is 21.1. The Bertz CT molecular complexity index is 1850. The normalized spacial score (nSPS) is 12.5. The average molecular weight is 422 g/mol. The van der Waals surface area contributed by atoms with Gasteiger partial charge in [0, 0.05) is 21.5 Å². The Labute approximate surface area is 179 Å². The van der Waals surface area contributed by atoms with E-state index in [4.69, 9.17) is 16.6 Å². The predicted molar refractivity (Wildman–Crippen MR) is 124 cm³/mol. The van der Waals surface area contributed by atoms with Crippen molar-refractivity contribution in [1.29, 1.82) is 0 Å². The minimum Gasteiger partial charge on any atom is -0.287 e. The number of nitrogens with zero attached hydrogens (tertiary/aromatic N) is 3. The van der Waals surface area contributed by atoms with Gasteiger partial charge in [0.1, 0.15) is 16.6 Å². The number of para-hydroxylation sites is 1. The van der Waals surface area contributed by atoms with Crippen molar-refractivity contribution in [2.45, 2.75) is 0 Å². The number of aromatic nitrogens is 2. The summed E-state index contributed by atoms with van der Waals surface area (Å²) >= 11 is 6.33. The van der Waals surface area contributed by atoms with Crippen molar-refractivity contribution in [2.75, 3.05) is 0 Å². The molecular weight excluding hydrogens is 410 g/mol. The molecular formula is C25H12ClN3O2. The first-order valence-corrected chi connectivity index (χ1v) is 10.0. The molecule has 1 aromatic heterocycles. The first-order valence-electron chi connectivity index (χ1n) is 9.67. The van der Waals surface area contributed by atoms with Gasteiger partial charge in [0.2, 0.25) is 10.9 Å². The van der Waals surface area contributed by atoms with Crippen LogP contribution < -0.4 is 16.2 Å². The first kappa shape index (κ1) is 17.9. The molecule has 0 bridgehead atoms. The number of benzene rings is 4. The number of halogens is 1. The quantitative estimate of drug-likeness (QED) is 0.364. The van der Waals surface area contributed by atoms with Gasteiger partial charge in [-0.1, -0.05) is 72.3 Å². The molecule has 0 aliphatic carbocycles. The standard InChI is InChI=1S/C25H12ClN3O2/c26-17-11-5-6-12-18(17)27-19-13-7-1-2-8-14(13)20-21(19)29-23-22(28-20)24(30)15-9-3-4-10-16(15)25(23)31/h1-12H. The van der Waals surface area contributed by atoms with Gasteiger partial charge in [-0.2, -0.15) is 0 Å². The maximum atomic E-state index is 13.1. The molecule has 146 valence electrons. The second-order valence-electron chi connectivity index (χ2n) is 7.28. The molecule has 0 atom stereocenters. The van der Waals surface area contributed by atoms with Crippen LogP contribution in [0.4, 0.5) is 5.69 Å². The summed E-state index contributed by atoms with van der Waals surface area (Å²) in [4.78, 5) is 40.2. The van der Waals surface area contributed by atoms with E-state index in [9.17, 15) is 9.59 Å². The molecule has 0 aliphatic rings. The summed E-state index contributed by atoms with van der Waals surface area (Å²) in [7, 11) is 0. The Balaban J connectivity index is 1.87. The van der Waals surface area contributed by atoms with E-state index in [0.29, 0.717) is 37.9 Å². The monoisotopic (exact) mass is 421 g/mol. The molecule has 0 N–H and O–H groups in total. The van der Waals surface area contributed by atoms with Crippen LogP contribution in [0.1, 0.15) is 0 Å². The molecule has 6 heteroatoms. The molecule has 0 spiro atoms. The molecule has 6 aromatic rings. The van der Waals surface area contributed by atoms with Crippen LogP contribution in [0.25, 0.3) is 43.6 Å². The summed E-state index contributed by atoms with van der Waals surface area (Å²) in [6, 6.07) is 21.6. The van der Waals surface area contributed by atoms with Gasteiger partial charge >= 0.3 is 0 Å². The molecule has 6 rings (SSSR count). The lowest BCUT2D eigenvalue weighted by Crippen LogP contribution is -2.16. The van der Waals surface area contributed by atoms with Gasteiger partial charge in [-0.25, -0.2) is 15.0 Å². The van der Waals surface area contributed by atoms with Crippen molar-refractivity contribution >= 4 is 60.9 Å². The third kappa shape index (κ3) is 2.54. The Hall–Kier alpha value is -3.96. The Kier molecular flexibility index (Phi) is 3.76. The Morgan fingerprint density at radius 3 is 1.74 bits per heavy atom. The van der Waals surface area contributed by atoms with Crippen LogP contribution in [0, 0.1) is 0 Å². The lowest BCUT2D eigenvalue weighted by atomic mass is 10.1. The maximum Gasteiger partial charge on any atom is 0.214 e. The third-order valence-corrected chi connectivity index (χ3v) is 5.81. The van der Waals surface area contributed by atoms with Gasteiger partial charge in [-0.3, -0.25) is 9.59 Å². The van der Waals surface area contributed by atoms with Crippen molar-refractivity contribution in [1.82, 2.24) is 9.97 Å². The smallest absolute Gasteiger partial charge is 0.214 e. The fourth-order valence-electron chi connectivity index (χ4n) is 4.04. The Morgan fingerprint density at radius 1 is 0.581 bits per heavy atom. The largest absolute Gasteiger partial charge is 0.287 e. The summed E-state index contributed by atoms with van der Waals surface area (Å²) < 4.78 is 0. The van der Waals surface area contributed by atoms with Gasteiger partial charge in [0.05, 0.1) is 21.6 Å². The van der Waals surface area contributed by atoms with Gasteiger partial charge < -0.3 is 0 Å². The van der Waals surface area contributed by atoms with E-state index in [-0.39, 0.29) is 21.9 Å². The summed E-state index contributed by atoms with van der Waals surface area (Å²) in [6.45, 7) is 0. The van der Waals surface area contributed by atoms with E-state index in [1.807, 2.05) is 42.5 Å². The van der Waals surface area contributed by atoms with E-state index in [0.717, 1.165) is 10.8 Å². The van der Waals surface area contributed by atoms with Crippen molar-refractivity contribution in [3.8, 4) is 0 Å². The van der Waals surface area contributed by atoms with Crippen LogP contribution in [0.5, 0.6) is 0 Å². The van der Waals surface area contributed by atoms with Crippen molar-refractivity contribution in [3.63, 3.8) is 0 Å². The van der Waals surface area contributed by atoms with E-state index < -0.39 is 0 Å². The number of hydrogen-bond acceptors (Lipinski definition) is 5. The van der Waals surface area contributed by atoms with E-state index >= 15 is 0 Å². The number of rotatable bonds is 1. The maximum absolute atomic E-state index is 13.1. The Morgan fingerprint density at radius 2 is 1.10 bits per heavy atom. The van der Waals surface area contributed by atoms with Crippen molar-refractivity contribution in [2.24, 2.45) is 4.99 Å². The molecule has 0 unspecified atom stereocenters. The van der Waals surface area contributed by atoms with Crippen LogP contribution in [-0.4, -0.2) is 9.97 Å². The van der Waals surface area contributed by atoms with Gasteiger partial charge in [-0.15, -0.1) is 0 Å². The minimum absolute atomic E-state index is 0.0575. The highest BCUT2D eigenvalue weighted by molar-refractivity contribution is 6.33. The summed E-state index contributed by atoms with van der Waals surface area (Å²) in [5.41, 5.74) is 1.14. The third-order valence-electron chi connectivity index (χ3n) is 5.49. The topological polar surface area (TPSA) is 72.3 Å². The highest BCUT2D eigenvalue weighted by Gasteiger charge is 2.18. The van der Waals surface area contributed by atoms with Crippen LogP contribution in [0.15, 0.2) is 87.4 Å². The molecule has 0 amide bonds. The van der Waals surface area contributed by atoms with E-state index in [2.05, 4.69) is 9.97 Å². The number of hydrogen-bond donors (Lipinski definition) is 0. The zero-order valence-electron chi connectivity index (χ0n) is 16.0. The van der Waals surface area contributed by atoms with Crippen molar-refractivity contribution in [3.05, 3.63) is 104 Å². The van der Waals surface area contributed by atoms with Crippen LogP contribution in [0.2, 0.25) is 5.02 Å². The second-order valence-corrected chi connectivity index (χ2v) is 7.69. The molecule has 5 nitrogen and oxygen atoms in total. The predicted octanol–water partition coefficient (Wildman–Crippen LogP) is 4.57. The molecule has 0 saturated heterocycles. The molecule has 0 fully saturated rings. The SMILES string of the molecule is O=c1c2ccccc2c(=O)c2nc3c(nc12)c(=Nc1ccccc1Cl)c1ccccc13. The fraction of sp³-hybridized carbons (Fsp3) is 0. The molecule has 1 heterocycles. The van der Waals surface area contributed by atoms with E-state index in [1.54, 1.807) is 30.3 Å². The average Bonchev–Trinajstić information content (AvgIpc) is 3.11. The lowest BCUT2D eigenvalue weighted by Gasteiger charge is -2.00. The molecule has 31 heavy (non-hydrogen) atoms. The van der Waals surface area contributed by atoms with Crippen LogP contribution in [0.3, 0.4) is 0 Å². The highest BCUT2D eigenvalue weighted by atomic mass is 35.5. The van der Waals surface area contributed by atoms with Gasteiger partial charge in [0.25, 0.3) is 0 Å². The van der Waals surface area contributed by atoms with Crippen LogP contribution >= 0.6 is 11.6 Å². The van der Waals surface area contributed by atoms with Gasteiger partial charge in [0.15, 0.2) is 0 Å². The van der Waals surface area contributed by atoms with Crippen LogP contribution in [-0.2, 0) is 0 Å². The summed E-state index contributed by atoms with van der Waals surface area (Å²) in [5, 5.41) is 3.43. The summed E-state index contributed by atoms with van der Waals surface area (Å²) in [5.74, 6) is 0. The lowest BCUT2D eigenvalue weighted by molar-refractivity contribution is 1.34. The molecule has 0 saturated carbocycles. The molecule has 0 aliphatic heterocycles. The molecule has 0 radical (unpaired) electrons. The molecule has 5 aromatic carbocycles.